The van der Waals surface area contributed by atoms with Crippen molar-refractivity contribution in [1.29, 1.82) is 0 Å². The van der Waals surface area contributed by atoms with E-state index in [-0.39, 0.29) is 0 Å². The Balaban J connectivity index is 2.15. The number of pyridine rings is 1. The predicted molar refractivity (Wildman–Crippen MR) is 110 cm³/mol. The highest BCUT2D eigenvalue weighted by Crippen LogP contribution is 2.38. The lowest BCUT2D eigenvalue weighted by atomic mass is 10.0. The lowest BCUT2D eigenvalue weighted by molar-refractivity contribution is 0.213. The first kappa shape index (κ1) is 19.5. The monoisotopic (exact) mass is 380 g/mol. The molecule has 2 aromatic carbocycles. The molecule has 0 aliphatic heterocycles. The number of hydrogen-bond acceptors (Lipinski definition) is 6. The molecule has 0 spiro atoms. The maximum atomic E-state index is 6.33. The summed E-state index contributed by atoms with van der Waals surface area (Å²) in [4.78, 5) is 9.38. The lowest BCUT2D eigenvalue weighted by Gasteiger charge is -2.16. The molecule has 6 nitrogen and oxygen atoms in total. The summed E-state index contributed by atoms with van der Waals surface area (Å²) in [5.41, 5.74) is 4.64. The Bertz CT molecular complexity index is 1040. The van der Waals surface area contributed by atoms with Gasteiger partial charge in [-0.05, 0) is 56.2 Å². The molecule has 0 bridgehead atoms. The molecule has 28 heavy (non-hydrogen) atoms. The standard InChI is InChI=1S/C22H24N2O4/c1-13-9-16(15(3)24-27-6)20(10-14(13)2)28-19-7-8-23-18-12-22(26-5)21(25-4)11-17(18)19/h7-12H,1-6H3/b24-15+. The molecule has 146 valence electrons. The van der Waals surface area contributed by atoms with Gasteiger partial charge in [0, 0.05) is 23.2 Å². The van der Waals surface area contributed by atoms with Gasteiger partial charge in [-0.3, -0.25) is 4.98 Å². The molecule has 0 aliphatic rings. The average molecular weight is 380 g/mol. The summed E-state index contributed by atoms with van der Waals surface area (Å²) in [6, 6.07) is 9.59. The van der Waals surface area contributed by atoms with Crippen molar-refractivity contribution in [2.75, 3.05) is 21.3 Å². The second-order valence-corrected chi connectivity index (χ2v) is 6.43. The Hall–Kier alpha value is -3.28. The van der Waals surface area contributed by atoms with Crippen LogP contribution in [0, 0.1) is 13.8 Å². The summed E-state index contributed by atoms with van der Waals surface area (Å²) >= 11 is 0. The van der Waals surface area contributed by atoms with E-state index in [0.29, 0.717) is 23.0 Å². The van der Waals surface area contributed by atoms with Gasteiger partial charge in [-0.15, -0.1) is 0 Å². The van der Waals surface area contributed by atoms with Crippen molar-refractivity contribution < 1.29 is 19.0 Å². The molecule has 0 radical (unpaired) electrons. The van der Waals surface area contributed by atoms with Crippen molar-refractivity contribution in [3.63, 3.8) is 0 Å². The van der Waals surface area contributed by atoms with Crippen molar-refractivity contribution in [3.8, 4) is 23.0 Å². The molecule has 1 heterocycles. The van der Waals surface area contributed by atoms with Gasteiger partial charge in [0.25, 0.3) is 0 Å². The largest absolute Gasteiger partial charge is 0.493 e. The number of rotatable bonds is 6. The Morgan fingerprint density at radius 1 is 0.857 bits per heavy atom. The molecule has 3 aromatic rings. The summed E-state index contributed by atoms with van der Waals surface area (Å²) in [5, 5.41) is 4.89. The number of nitrogens with zero attached hydrogens (tertiary/aromatic N) is 2. The number of ether oxygens (including phenoxy) is 3. The van der Waals surface area contributed by atoms with Crippen LogP contribution in [0.3, 0.4) is 0 Å². The van der Waals surface area contributed by atoms with Crippen molar-refractivity contribution in [2.45, 2.75) is 20.8 Å². The van der Waals surface area contributed by atoms with E-state index in [0.717, 1.165) is 33.3 Å². The highest BCUT2D eigenvalue weighted by molar-refractivity contribution is 6.01. The van der Waals surface area contributed by atoms with E-state index in [1.807, 2.05) is 38.1 Å². The summed E-state index contributed by atoms with van der Waals surface area (Å²) in [6.45, 7) is 5.99. The zero-order chi connectivity index (χ0) is 20.3. The van der Waals surface area contributed by atoms with Crippen LogP contribution >= 0.6 is 0 Å². The van der Waals surface area contributed by atoms with E-state index >= 15 is 0 Å². The first-order valence-corrected chi connectivity index (χ1v) is 8.86. The zero-order valence-electron chi connectivity index (χ0n) is 17.0. The molecule has 0 atom stereocenters. The normalized spacial score (nSPS) is 11.4. The highest BCUT2D eigenvalue weighted by Gasteiger charge is 2.15. The van der Waals surface area contributed by atoms with Crippen LogP contribution in [-0.2, 0) is 4.84 Å². The molecule has 3 rings (SSSR count). The van der Waals surface area contributed by atoms with E-state index in [9.17, 15) is 0 Å². The van der Waals surface area contributed by atoms with Crippen LogP contribution in [0.15, 0.2) is 41.7 Å². The molecule has 0 saturated carbocycles. The summed E-state index contributed by atoms with van der Waals surface area (Å²) in [7, 11) is 4.73. The molecule has 0 fully saturated rings. The number of methoxy groups -OCH3 is 2. The number of benzene rings is 2. The van der Waals surface area contributed by atoms with Gasteiger partial charge in [0.05, 0.1) is 25.4 Å². The Labute approximate surface area is 164 Å². The van der Waals surface area contributed by atoms with Gasteiger partial charge in [0.2, 0.25) is 0 Å². The molecular weight excluding hydrogens is 356 g/mol. The molecule has 0 amide bonds. The third-order valence-corrected chi connectivity index (χ3v) is 4.64. The predicted octanol–water partition coefficient (Wildman–Crippen LogP) is 5.03. The molecular formula is C22H24N2O4. The van der Waals surface area contributed by atoms with Gasteiger partial charge >= 0.3 is 0 Å². The fourth-order valence-corrected chi connectivity index (χ4v) is 3.00. The van der Waals surface area contributed by atoms with Crippen LogP contribution < -0.4 is 14.2 Å². The van der Waals surface area contributed by atoms with Crippen molar-refractivity contribution in [1.82, 2.24) is 4.98 Å². The minimum atomic E-state index is 0.616. The van der Waals surface area contributed by atoms with Crippen LogP contribution in [0.4, 0.5) is 0 Å². The van der Waals surface area contributed by atoms with Crippen LogP contribution in [0.5, 0.6) is 23.0 Å². The van der Waals surface area contributed by atoms with Crippen molar-refractivity contribution in [3.05, 3.63) is 53.2 Å². The summed E-state index contributed by atoms with van der Waals surface area (Å²) in [6.07, 6.45) is 1.71. The third-order valence-electron chi connectivity index (χ3n) is 4.64. The maximum Gasteiger partial charge on any atom is 0.162 e. The molecule has 0 unspecified atom stereocenters. The Morgan fingerprint density at radius 3 is 2.21 bits per heavy atom. The summed E-state index contributed by atoms with van der Waals surface area (Å²) < 4.78 is 17.1. The van der Waals surface area contributed by atoms with Gasteiger partial charge in [-0.1, -0.05) is 5.16 Å². The van der Waals surface area contributed by atoms with Gasteiger partial charge < -0.3 is 19.0 Å². The zero-order valence-corrected chi connectivity index (χ0v) is 17.0. The molecule has 0 saturated heterocycles. The van der Waals surface area contributed by atoms with E-state index in [2.05, 4.69) is 23.1 Å². The minimum Gasteiger partial charge on any atom is -0.493 e. The van der Waals surface area contributed by atoms with Gasteiger partial charge in [-0.25, -0.2) is 0 Å². The molecule has 0 N–H and O–H groups in total. The number of fused-ring (bicyclic) bond motifs is 1. The topological polar surface area (TPSA) is 62.2 Å². The number of hydrogen-bond donors (Lipinski definition) is 0. The Morgan fingerprint density at radius 2 is 1.54 bits per heavy atom. The van der Waals surface area contributed by atoms with E-state index in [1.165, 1.54) is 7.11 Å². The molecule has 6 heteroatoms. The second kappa shape index (κ2) is 8.17. The van der Waals surface area contributed by atoms with Crippen LogP contribution in [0.25, 0.3) is 10.9 Å². The van der Waals surface area contributed by atoms with Crippen LogP contribution in [0.1, 0.15) is 23.6 Å². The van der Waals surface area contributed by atoms with Gasteiger partial charge in [0.1, 0.15) is 18.6 Å². The van der Waals surface area contributed by atoms with Crippen molar-refractivity contribution >= 4 is 16.6 Å². The maximum absolute atomic E-state index is 6.33. The van der Waals surface area contributed by atoms with Crippen LogP contribution in [0.2, 0.25) is 0 Å². The lowest BCUT2D eigenvalue weighted by Crippen LogP contribution is -2.02. The van der Waals surface area contributed by atoms with Gasteiger partial charge in [0.15, 0.2) is 11.5 Å². The smallest absolute Gasteiger partial charge is 0.162 e. The third kappa shape index (κ3) is 3.71. The fourth-order valence-electron chi connectivity index (χ4n) is 3.00. The number of aromatic nitrogens is 1. The minimum absolute atomic E-state index is 0.616. The van der Waals surface area contributed by atoms with Crippen molar-refractivity contribution in [2.24, 2.45) is 5.16 Å². The van der Waals surface area contributed by atoms with Crippen LogP contribution in [-0.4, -0.2) is 32.0 Å². The number of aryl methyl sites for hydroxylation is 2. The van der Waals surface area contributed by atoms with E-state index in [1.54, 1.807) is 20.4 Å². The SMILES string of the molecule is CO/N=C(\C)c1cc(C)c(C)cc1Oc1ccnc2cc(OC)c(OC)cc12. The summed E-state index contributed by atoms with van der Waals surface area (Å²) in [5.74, 6) is 2.60. The highest BCUT2D eigenvalue weighted by atomic mass is 16.6. The van der Waals surface area contributed by atoms with E-state index in [4.69, 9.17) is 19.0 Å². The quantitative estimate of drug-likeness (QED) is 0.443. The van der Waals surface area contributed by atoms with Gasteiger partial charge in [-0.2, -0.15) is 0 Å². The first-order chi connectivity index (χ1) is 13.5. The first-order valence-electron chi connectivity index (χ1n) is 8.86. The second-order valence-electron chi connectivity index (χ2n) is 6.43. The van der Waals surface area contributed by atoms with E-state index < -0.39 is 0 Å². The Kier molecular flexibility index (Phi) is 5.68. The average Bonchev–Trinajstić information content (AvgIpc) is 2.69. The molecule has 0 aliphatic carbocycles. The fraction of sp³-hybridized carbons (Fsp3) is 0.273. The molecule has 1 aromatic heterocycles. The number of oxime groups is 1.